The van der Waals surface area contributed by atoms with E-state index in [1.807, 2.05) is 25.0 Å². The zero-order chi connectivity index (χ0) is 14.0. The number of nitrogens with zero attached hydrogens (tertiary/aromatic N) is 3. The molecule has 104 valence electrons. The fraction of sp³-hybridized carbons (Fsp3) is 0.571. The summed E-state index contributed by atoms with van der Waals surface area (Å²) in [6, 6.07) is 2.28. The molecule has 1 atom stereocenters. The number of rotatable bonds is 4. The molecule has 0 aliphatic rings. The van der Waals surface area contributed by atoms with Gasteiger partial charge in [0.05, 0.1) is 22.4 Å². The Hall–Kier alpha value is -1.20. The van der Waals surface area contributed by atoms with Crippen LogP contribution < -0.4 is 5.32 Å². The molecule has 4 nitrogen and oxygen atoms in total. The minimum absolute atomic E-state index is 0.120. The Kier molecular flexibility index (Phi) is 4.06. The third kappa shape index (κ3) is 3.42. The lowest BCUT2D eigenvalue weighted by molar-refractivity contribution is 0.548. The molecule has 0 aliphatic carbocycles. The summed E-state index contributed by atoms with van der Waals surface area (Å²) in [5.74, 6) is 0. The van der Waals surface area contributed by atoms with E-state index in [1.165, 1.54) is 5.69 Å². The minimum atomic E-state index is 0.120. The lowest BCUT2D eigenvalue weighted by atomic mass is 9.93. The van der Waals surface area contributed by atoms with Crippen LogP contribution in [0.1, 0.15) is 43.2 Å². The van der Waals surface area contributed by atoms with Crippen LogP contribution in [-0.4, -0.2) is 21.8 Å². The van der Waals surface area contributed by atoms with Gasteiger partial charge >= 0.3 is 0 Å². The third-order valence-corrected chi connectivity index (χ3v) is 4.01. The molecule has 19 heavy (non-hydrogen) atoms. The molecule has 0 spiro atoms. The minimum Gasteiger partial charge on any atom is -0.311 e. The smallest absolute Gasteiger partial charge is 0.0948 e. The topological polar surface area (TPSA) is 42.7 Å². The highest BCUT2D eigenvalue weighted by molar-refractivity contribution is 7.09. The number of hydrogen-bond acceptors (Lipinski definition) is 4. The van der Waals surface area contributed by atoms with E-state index in [-0.39, 0.29) is 11.5 Å². The number of thiazole rings is 1. The van der Waals surface area contributed by atoms with Crippen LogP contribution in [0.15, 0.2) is 17.6 Å². The van der Waals surface area contributed by atoms with E-state index in [0.717, 1.165) is 17.1 Å². The largest absolute Gasteiger partial charge is 0.311 e. The molecule has 0 aliphatic heterocycles. The van der Waals surface area contributed by atoms with Crippen LogP contribution >= 0.6 is 11.3 Å². The van der Waals surface area contributed by atoms with Gasteiger partial charge in [-0.05, 0) is 13.1 Å². The first-order valence-electron chi connectivity index (χ1n) is 6.52. The highest BCUT2D eigenvalue weighted by Gasteiger charge is 2.20. The maximum absolute atomic E-state index is 4.75. The Morgan fingerprint density at radius 3 is 2.63 bits per heavy atom. The van der Waals surface area contributed by atoms with Crippen LogP contribution in [0.2, 0.25) is 0 Å². The molecule has 2 rings (SSSR count). The first kappa shape index (κ1) is 14.2. The molecular weight excluding hydrogens is 256 g/mol. The summed E-state index contributed by atoms with van der Waals surface area (Å²) in [4.78, 5) is 4.75. The average molecular weight is 278 g/mol. The molecular formula is C14H22N4S. The Morgan fingerprint density at radius 2 is 2.16 bits per heavy atom. The number of nitrogens with one attached hydrogen (secondary N) is 1. The normalized spacial score (nSPS) is 13.7. The van der Waals surface area contributed by atoms with Gasteiger partial charge in [0, 0.05) is 30.5 Å². The van der Waals surface area contributed by atoms with Gasteiger partial charge in [0.2, 0.25) is 0 Å². The first-order chi connectivity index (χ1) is 8.90. The van der Waals surface area contributed by atoms with Crippen molar-refractivity contribution in [3.63, 3.8) is 0 Å². The van der Waals surface area contributed by atoms with Crippen molar-refractivity contribution in [1.82, 2.24) is 20.1 Å². The molecule has 0 amide bonds. The molecule has 2 heterocycles. The van der Waals surface area contributed by atoms with Crippen molar-refractivity contribution in [1.29, 1.82) is 0 Å². The molecule has 0 fully saturated rings. The van der Waals surface area contributed by atoms with E-state index in [9.17, 15) is 0 Å². The highest BCUT2D eigenvalue weighted by atomic mass is 32.1. The van der Waals surface area contributed by atoms with Gasteiger partial charge in [-0.2, -0.15) is 5.10 Å². The SMILES string of the molecule is CNC(Cc1nc(C(C)(C)C)cs1)c1ccn(C)n1. The summed E-state index contributed by atoms with van der Waals surface area (Å²) in [7, 11) is 3.91. The number of aromatic nitrogens is 3. The highest BCUT2D eigenvalue weighted by Crippen LogP contribution is 2.26. The lowest BCUT2D eigenvalue weighted by Crippen LogP contribution is -2.20. The molecule has 1 unspecified atom stereocenters. The van der Waals surface area contributed by atoms with Gasteiger partial charge in [0.1, 0.15) is 0 Å². The van der Waals surface area contributed by atoms with Crippen LogP contribution in [0.5, 0.6) is 0 Å². The summed E-state index contributed by atoms with van der Waals surface area (Å²) in [5.41, 5.74) is 2.36. The maximum atomic E-state index is 4.75. The van der Waals surface area contributed by atoms with E-state index in [2.05, 4.69) is 42.6 Å². The van der Waals surface area contributed by atoms with E-state index in [1.54, 1.807) is 11.3 Å². The summed E-state index contributed by atoms with van der Waals surface area (Å²) in [6.07, 6.45) is 2.86. The van der Waals surface area contributed by atoms with Gasteiger partial charge in [-0.3, -0.25) is 4.68 Å². The summed E-state index contributed by atoms with van der Waals surface area (Å²) < 4.78 is 1.84. The summed E-state index contributed by atoms with van der Waals surface area (Å²) >= 11 is 1.74. The lowest BCUT2D eigenvalue weighted by Gasteiger charge is -2.15. The van der Waals surface area contributed by atoms with Gasteiger partial charge in [-0.1, -0.05) is 20.8 Å². The van der Waals surface area contributed by atoms with E-state index in [0.29, 0.717) is 0 Å². The summed E-state index contributed by atoms with van der Waals surface area (Å²) in [6.45, 7) is 6.58. The molecule has 0 bridgehead atoms. The Labute approximate surface area is 118 Å². The van der Waals surface area contributed by atoms with Crippen molar-refractivity contribution in [3.05, 3.63) is 34.0 Å². The van der Waals surface area contributed by atoms with Crippen molar-refractivity contribution >= 4 is 11.3 Å². The quantitative estimate of drug-likeness (QED) is 0.935. The van der Waals surface area contributed by atoms with Crippen molar-refractivity contribution in [3.8, 4) is 0 Å². The van der Waals surface area contributed by atoms with Gasteiger partial charge < -0.3 is 5.32 Å². The predicted octanol–water partition coefficient (Wildman–Crippen LogP) is 2.68. The predicted molar refractivity (Wildman–Crippen MR) is 79.5 cm³/mol. The molecule has 2 aromatic heterocycles. The van der Waals surface area contributed by atoms with Crippen LogP contribution in [0.3, 0.4) is 0 Å². The standard InChI is InChI=1S/C14H22N4S/c1-14(2,3)12-9-19-13(16-12)8-11(15-4)10-6-7-18(5)17-10/h6-7,9,11,15H,8H2,1-5H3. The van der Waals surface area contributed by atoms with Gasteiger partial charge in [0.25, 0.3) is 0 Å². The second-order valence-corrected chi connectivity index (χ2v) is 6.78. The summed E-state index contributed by atoms with van der Waals surface area (Å²) in [5, 5.41) is 11.1. The van der Waals surface area contributed by atoms with Crippen molar-refractivity contribution in [2.75, 3.05) is 7.05 Å². The maximum Gasteiger partial charge on any atom is 0.0948 e. The fourth-order valence-corrected chi connectivity index (χ4v) is 2.97. The molecule has 2 aromatic rings. The Balaban J connectivity index is 2.13. The molecule has 0 aromatic carbocycles. The van der Waals surface area contributed by atoms with Crippen LogP contribution in [0, 0.1) is 0 Å². The number of hydrogen-bond donors (Lipinski definition) is 1. The molecule has 5 heteroatoms. The fourth-order valence-electron chi connectivity index (χ4n) is 1.90. The van der Waals surface area contributed by atoms with E-state index < -0.39 is 0 Å². The second kappa shape index (κ2) is 5.43. The number of likely N-dealkylation sites (N-methyl/N-ethyl adjacent to an activating group) is 1. The third-order valence-electron chi connectivity index (χ3n) is 3.14. The van der Waals surface area contributed by atoms with Gasteiger partial charge in [0.15, 0.2) is 0 Å². The van der Waals surface area contributed by atoms with Crippen molar-refractivity contribution in [2.24, 2.45) is 7.05 Å². The van der Waals surface area contributed by atoms with Crippen molar-refractivity contribution < 1.29 is 0 Å². The zero-order valence-corrected chi connectivity index (χ0v) is 13.1. The van der Waals surface area contributed by atoms with Crippen molar-refractivity contribution in [2.45, 2.75) is 38.6 Å². The monoisotopic (exact) mass is 278 g/mol. The van der Waals surface area contributed by atoms with Gasteiger partial charge in [-0.15, -0.1) is 11.3 Å². The zero-order valence-electron chi connectivity index (χ0n) is 12.3. The van der Waals surface area contributed by atoms with Crippen LogP contribution in [0.25, 0.3) is 0 Å². The first-order valence-corrected chi connectivity index (χ1v) is 7.40. The second-order valence-electron chi connectivity index (χ2n) is 5.84. The van der Waals surface area contributed by atoms with E-state index in [4.69, 9.17) is 4.98 Å². The molecule has 0 radical (unpaired) electrons. The van der Waals surface area contributed by atoms with E-state index >= 15 is 0 Å². The Bertz CT molecular complexity index is 536. The van der Waals surface area contributed by atoms with Gasteiger partial charge in [-0.25, -0.2) is 4.98 Å². The molecule has 0 saturated heterocycles. The molecule has 1 N–H and O–H groups in total. The Morgan fingerprint density at radius 1 is 1.42 bits per heavy atom. The van der Waals surface area contributed by atoms with Crippen LogP contribution in [-0.2, 0) is 18.9 Å². The van der Waals surface area contributed by atoms with Crippen LogP contribution in [0.4, 0.5) is 0 Å². The molecule has 0 saturated carbocycles. The average Bonchev–Trinajstić information content (AvgIpc) is 2.94. The number of aryl methyl sites for hydroxylation is 1.